The molecule has 126 valence electrons. The SMILES string of the molecule is C#Cc1cc(C)cc(-c2csc(Cn3cc(C(=O)OCC)cn3)n2)c1. The summed E-state index contributed by atoms with van der Waals surface area (Å²) >= 11 is 1.55. The number of hydrogen-bond donors (Lipinski definition) is 0. The zero-order chi connectivity index (χ0) is 17.8. The first-order chi connectivity index (χ1) is 12.1. The smallest absolute Gasteiger partial charge is 0.341 e. The van der Waals surface area contributed by atoms with Crippen molar-refractivity contribution in [2.45, 2.75) is 20.4 Å². The van der Waals surface area contributed by atoms with Crippen molar-refractivity contribution in [3.8, 4) is 23.6 Å². The summed E-state index contributed by atoms with van der Waals surface area (Å²) in [5.74, 6) is 2.30. The molecule has 0 aliphatic rings. The van der Waals surface area contributed by atoms with E-state index < -0.39 is 0 Å². The van der Waals surface area contributed by atoms with Gasteiger partial charge in [-0.1, -0.05) is 5.92 Å². The predicted octanol–water partition coefficient (Wildman–Crippen LogP) is 3.52. The molecule has 0 unspecified atom stereocenters. The number of esters is 1. The quantitative estimate of drug-likeness (QED) is 0.521. The maximum absolute atomic E-state index is 11.7. The number of thiazole rings is 1. The number of carbonyl (C=O) groups is 1. The molecule has 2 heterocycles. The van der Waals surface area contributed by atoms with Crippen LogP contribution in [0.4, 0.5) is 0 Å². The number of aromatic nitrogens is 3. The van der Waals surface area contributed by atoms with E-state index in [0.29, 0.717) is 18.7 Å². The van der Waals surface area contributed by atoms with Gasteiger partial charge in [0.25, 0.3) is 0 Å². The second-order valence-corrected chi connectivity index (χ2v) is 6.45. The monoisotopic (exact) mass is 351 g/mol. The van der Waals surface area contributed by atoms with Crippen LogP contribution in [-0.4, -0.2) is 27.3 Å². The van der Waals surface area contributed by atoms with E-state index in [4.69, 9.17) is 11.2 Å². The van der Waals surface area contributed by atoms with E-state index in [0.717, 1.165) is 27.4 Å². The van der Waals surface area contributed by atoms with Gasteiger partial charge in [-0.15, -0.1) is 17.8 Å². The molecule has 0 saturated heterocycles. The average molecular weight is 351 g/mol. The molecule has 6 heteroatoms. The van der Waals surface area contributed by atoms with Gasteiger partial charge in [0.15, 0.2) is 0 Å². The molecule has 0 atom stereocenters. The highest BCUT2D eigenvalue weighted by Gasteiger charge is 2.11. The molecule has 0 radical (unpaired) electrons. The normalized spacial score (nSPS) is 10.4. The van der Waals surface area contributed by atoms with Crippen molar-refractivity contribution in [3.05, 3.63) is 57.7 Å². The molecule has 1 aromatic carbocycles. The Bertz CT molecular complexity index is 950. The van der Waals surface area contributed by atoms with Gasteiger partial charge in [0.05, 0.1) is 30.6 Å². The molecule has 2 aromatic heterocycles. The van der Waals surface area contributed by atoms with Crippen LogP contribution in [0.1, 0.15) is 33.4 Å². The lowest BCUT2D eigenvalue weighted by Gasteiger charge is -2.01. The van der Waals surface area contributed by atoms with Gasteiger partial charge in [0, 0.05) is 22.7 Å². The molecule has 0 aliphatic heterocycles. The van der Waals surface area contributed by atoms with Crippen LogP contribution in [-0.2, 0) is 11.3 Å². The predicted molar refractivity (Wildman–Crippen MR) is 97.5 cm³/mol. The Morgan fingerprint density at radius 3 is 3.00 bits per heavy atom. The van der Waals surface area contributed by atoms with Gasteiger partial charge in [-0.05, 0) is 37.6 Å². The number of nitrogens with zero attached hydrogens (tertiary/aromatic N) is 3. The molecule has 5 nitrogen and oxygen atoms in total. The number of benzene rings is 1. The fourth-order valence-electron chi connectivity index (χ4n) is 2.44. The van der Waals surface area contributed by atoms with Crippen molar-refractivity contribution in [3.63, 3.8) is 0 Å². The summed E-state index contributed by atoms with van der Waals surface area (Å²) in [7, 11) is 0. The van der Waals surface area contributed by atoms with Crippen LogP contribution in [0.3, 0.4) is 0 Å². The van der Waals surface area contributed by atoms with Crippen LogP contribution in [0.2, 0.25) is 0 Å². The second-order valence-electron chi connectivity index (χ2n) is 5.51. The third-order valence-electron chi connectivity index (χ3n) is 3.53. The van der Waals surface area contributed by atoms with Crippen LogP contribution in [0, 0.1) is 19.3 Å². The minimum Gasteiger partial charge on any atom is -0.462 e. The van der Waals surface area contributed by atoms with Crippen LogP contribution < -0.4 is 0 Å². The van der Waals surface area contributed by atoms with Gasteiger partial charge in [-0.3, -0.25) is 4.68 Å². The molecule has 0 spiro atoms. The van der Waals surface area contributed by atoms with Crippen molar-refractivity contribution in [1.82, 2.24) is 14.8 Å². The maximum Gasteiger partial charge on any atom is 0.341 e. The average Bonchev–Trinajstić information content (AvgIpc) is 3.24. The summed E-state index contributed by atoms with van der Waals surface area (Å²) in [6.07, 6.45) is 8.68. The highest BCUT2D eigenvalue weighted by Crippen LogP contribution is 2.24. The summed E-state index contributed by atoms with van der Waals surface area (Å²) in [5.41, 5.74) is 4.28. The molecule has 3 aromatic rings. The zero-order valence-corrected chi connectivity index (χ0v) is 14.8. The first-order valence-electron chi connectivity index (χ1n) is 7.81. The molecule has 0 aliphatic carbocycles. The van der Waals surface area contributed by atoms with E-state index in [2.05, 4.69) is 22.1 Å². The molecular formula is C19H17N3O2S. The van der Waals surface area contributed by atoms with Crippen LogP contribution in [0.25, 0.3) is 11.3 Å². The Labute approximate surface area is 150 Å². The number of ether oxygens (including phenoxy) is 1. The first-order valence-corrected chi connectivity index (χ1v) is 8.69. The Kier molecular flexibility index (Phi) is 4.96. The molecule has 0 saturated carbocycles. The van der Waals surface area contributed by atoms with Crippen molar-refractivity contribution in [2.24, 2.45) is 0 Å². The zero-order valence-electron chi connectivity index (χ0n) is 14.0. The van der Waals surface area contributed by atoms with Crippen molar-refractivity contribution in [1.29, 1.82) is 0 Å². The topological polar surface area (TPSA) is 57.0 Å². The van der Waals surface area contributed by atoms with E-state index in [-0.39, 0.29) is 5.97 Å². The van der Waals surface area contributed by atoms with E-state index in [1.165, 1.54) is 6.20 Å². The Balaban J connectivity index is 1.77. The van der Waals surface area contributed by atoms with Crippen molar-refractivity contribution < 1.29 is 9.53 Å². The van der Waals surface area contributed by atoms with E-state index in [1.807, 2.05) is 24.4 Å². The first kappa shape index (κ1) is 16.9. The summed E-state index contributed by atoms with van der Waals surface area (Å²) in [6.45, 7) is 4.63. The summed E-state index contributed by atoms with van der Waals surface area (Å²) < 4.78 is 6.64. The fraction of sp³-hybridized carbons (Fsp3) is 0.211. The highest BCUT2D eigenvalue weighted by molar-refractivity contribution is 7.09. The Morgan fingerprint density at radius 2 is 2.24 bits per heavy atom. The largest absolute Gasteiger partial charge is 0.462 e. The standard InChI is InChI=1S/C19H17N3O2S/c1-4-14-6-13(3)7-15(8-14)17-12-25-18(21-17)11-22-10-16(9-20-22)19(23)24-5-2/h1,6-10,12H,5,11H2,2-3H3. The van der Waals surface area contributed by atoms with Crippen LogP contribution in [0.15, 0.2) is 36.0 Å². The minimum atomic E-state index is -0.366. The Hall–Kier alpha value is -2.91. The van der Waals surface area contributed by atoms with Crippen molar-refractivity contribution in [2.75, 3.05) is 6.61 Å². The molecule has 0 amide bonds. The van der Waals surface area contributed by atoms with Crippen LogP contribution >= 0.6 is 11.3 Å². The molecule has 3 rings (SSSR count). The van der Waals surface area contributed by atoms with E-state index in [1.54, 1.807) is 29.1 Å². The maximum atomic E-state index is 11.7. The van der Waals surface area contributed by atoms with Gasteiger partial charge >= 0.3 is 5.97 Å². The lowest BCUT2D eigenvalue weighted by molar-refractivity contribution is 0.0526. The second kappa shape index (κ2) is 7.32. The van der Waals surface area contributed by atoms with Crippen LogP contribution in [0.5, 0.6) is 0 Å². The molecule has 0 bridgehead atoms. The number of aryl methyl sites for hydroxylation is 1. The summed E-state index contributed by atoms with van der Waals surface area (Å²) in [6, 6.07) is 5.99. The number of carbonyl (C=O) groups excluding carboxylic acids is 1. The van der Waals surface area contributed by atoms with Gasteiger partial charge in [-0.2, -0.15) is 5.10 Å². The molecular weight excluding hydrogens is 334 g/mol. The molecule has 0 N–H and O–H groups in total. The molecule has 25 heavy (non-hydrogen) atoms. The molecule has 0 fully saturated rings. The summed E-state index contributed by atoms with van der Waals surface area (Å²) in [4.78, 5) is 16.3. The third kappa shape index (κ3) is 3.95. The van der Waals surface area contributed by atoms with E-state index >= 15 is 0 Å². The van der Waals surface area contributed by atoms with Gasteiger partial charge in [0.1, 0.15) is 5.01 Å². The van der Waals surface area contributed by atoms with E-state index in [9.17, 15) is 4.79 Å². The number of terminal acetylenes is 1. The lowest BCUT2D eigenvalue weighted by atomic mass is 10.1. The summed E-state index contributed by atoms with van der Waals surface area (Å²) in [5, 5.41) is 7.09. The third-order valence-corrected chi connectivity index (χ3v) is 4.37. The minimum absolute atomic E-state index is 0.343. The van der Waals surface area contributed by atoms with Gasteiger partial charge in [0.2, 0.25) is 0 Å². The number of hydrogen-bond acceptors (Lipinski definition) is 5. The van der Waals surface area contributed by atoms with Gasteiger partial charge < -0.3 is 4.74 Å². The van der Waals surface area contributed by atoms with Crippen molar-refractivity contribution >= 4 is 17.3 Å². The Morgan fingerprint density at radius 1 is 1.40 bits per heavy atom. The lowest BCUT2D eigenvalue weighted by Crippen LogP contribution is -2.04. The highest BCUT2D eigenvalue weighted by atomic mass is 32.1. The fourth-order valence-corrected chi connectivity index (χ4v) is 3.23. The van der Waals surface area contributed by atoms with Gasteiger partial charge in [-0.25, -0.2) is 9.78 Å². The number of rotatable bonds is 5.